The third-order valence-corrected chi connectivity index (χ3v) is 4.80. The van der Waals surface area contributed by atoms with E-state index in [4.69, 9.17) is 16.3 Å². The fourth-order valence-electron chi connectivity index (χ4n) is 3.32. The van der Waals surface area contributed by atoms with Gasteiger partial charge in [-0.25, -0.2) is 9.97 Å². The molecule has 6 heteroatoms. The number of nitrogens with zero attached hydrogens (tertiary/aromatic N) is 3. The lowest BCUT2D eigenvalue weighted by Gasteiger charge is -2.32. The normalized spacial score (nSPS) is 20.3. The highest BCUT2D eigenvalue weighted by Gasteiger charge is 2.27. The van der Waals surface area contributed by atoms with Crippen LogP contribution in [-0.4, -0.2) is 40.0 Å². The second kappa shape index (κ2) is 7.27. The van der Waals surface area contributed by atoms with Crippen molar-refractivity contribution in [3.05, 3.63) is 17.4 Å². The Hall–Kier alpha value is -1.36. The van der Waals surface area contributed by atoms with Gasteiger partial charge in [-0.2, -0.15) is 0 Å². The van der Waals surface area contributed by atoms with E-state index < -0.39 is 0 Å². The van der Waals surface area contributed by atoms with Crippen LogP contribution in [0.15, 0.2) is 12.4 Å². The summed E-state index contributed by atoms with van der Waals surface area (Å²) < 4.78 is 5.75. The first-order valence-electron chi connectivity index (χ1n) is 8.12. The molecule has 0 bridgehead atoms. The predicted octanol–water partition coefficient (Wildman–Crippen LogP) is 3.08. The third kappa shape index (κ3) is 4.09. The minimum absolute atomic E-state index is 0.0803. The molecule has 3 rings (SSSR count). The lowest BCUT2D eigenvalue weighted by atomic mass is 10.0. The van der Waals surface area contributed by atoms with Gasteiger partial charge in [0.1, 0.15) is 6.10 Å². The molecule has 2 aliphatic rings. The van der Waals surface area contributed by atoms with Crippen molar-refractivity contribution >= 4 is 17.5 Å². The zero-order valence-corrected chi connectivity index (χ0v) is 13.5. The van der Waals surface area contributed by atoms with Crippen molar-refractivity contribution in [2.24, 2.45) is 5.92 Å². The smallest absolute Gasteiger partial charge is 0.316 e. The van der Waals surface area contributed by atoms with Crippen molar-refractivity contribution in [3.8, 4) is 6.01 Å². The largest absolute Gasteiger partial charge is 0.460 e. The Morgan fingerprint density at radius 3 is 2.45 bits per heavy atom. The van der Waals surface area contributed by atoms with Crippen molar-refractivity contribution in [1.82, 2.24) is 14.9 Å². The first kappa shape index (κ1) is 15.5. The van der Waals surface area contributed by atoms with E-state index in [0.717, 1.165) is 32.4 Å². The molecule has 120 valence electrons. The molecule has 1 saturated heterocycles. The van der Waals surface area contributed by atoms with Crippen LogP contribution in [0.1, 0.15) is 44.9 Å². The molecule has 0 spiro atoms. The van der Waals surface area contributed by atoms with Gasteiger partial charge < -0.3 is 9.64 Å². The molecule has 2 fully saturated rings. The highest BCUT2D eigenvalue weighted by molar-refractivity contribution is 6.30. The van der Waals surface area contributed by atoms with E-state index in [1.54, 1.807) is 0 Å². The number of halogens is 1. The van der Waals surface area contributed by atoms with Gasteiger partial charge in [0.15, 0.2) is 0 Å². The number of carbonyl (C=O) groups is 1. The molecule has 22 heavy (non-hydrogen) atoms. The van der Waals surface area contributed by atoms with E-state index in [2.05, 4.69) is 9.97 Å². The molecule has 1 aliphatic carbocycles. The van der Waals surface area contributed by atoms with Crippen LogP contribution in [0.3, 0.4) is 0 Å². The van der Waals surface area contributed by atoms with Crippen LogP contribution in [0.4, 0.5) is 0 Å². The van der Waals surface area contributed by atoms with Gasteiger partial charge in [0.05, 0.1) is 17.4 Å². The van der Waals surface area contributed by atoms with Crippen molar-refractivity contribution < 1.29 is 9.53 Å². The molecule has 0 radical (unpaired) electrons. The van der Waals surface area contributed by atoms with E-state index in [0.29, 0.717) is 22.9 Å². The van der Waals surface area contributed by atoms with Gasteiger partial charge in [-0.3, -0.25) is 4.79 Å². The highest BCUT2D eigenvalue weighted by atomic mass is 35.5. The van der Waals surface area contributed by atoms with Gasteiger partial charge in [0, 0.05) is 32.4 Å². The van der Waals surface area contributed by atoms with Crippen molar-refractivity contribution in [2.45, 2.75) is 51.0 Å². The maximum absolute atomic E-state index is 12.3. The minimum Gasteiger partial charge on any atom is -0.460 e. The van der Waals surface area contributed by atoms with Crippen LogP contribution < -0.4 is 4.74 Å². The van der Waals surface area contributed by atoms with E-state index in [-0.39, 0.29) is 6.10 Å². The van der Waals surface area contributed by atoms with E-state index in [1.165, 1.54) is 38.1 Å². The van der Waals surface area contributed by atoms with Crippen LogP contribution in [-0.2, 0) is 4.79 Å². The Kier molecular flexibility index (Phi) is 5.13. The molecule has 1 aromatic heterocycles. The maximum atomic E-state index is 12.3. The summed E-state index contributed by atoms with van der Waals surface area (Å²) in [5.74, 6) is 0.928. The van der Waals surface area contributed by atoms with E-state index in [1.807, 2.05) is 4.90 Å². The van der Waals surface area contributed by atoms with Crippen LogP contribution in [0.5, 0.6) is 6.01 Å². The second-order valence-electron chi connectivity index (χ2n) is 6.24. The van der Waals surface area contributed by atoms with Gasteiger partial charge in [0.2, 0.25) is 5.91 Å². The molecule has 0 N–H and O–H groups in total. The quantitative estimate of drug-likeness (QED) is 0.854. The lowest BCUT2D eigenvalue weighted by Crippen LogP contribution is -2.42. The molecular formula is C16H22ClN3O2. The summed E-state index contributed by atoms with van der Waals surface area (Å²) in [5.41, 5.74) is 0. The lowest BCUT2D eigenvalue weighted by molar-refractivity contribution is -0.134. The number of piperidine rings is 1. The van der Waals surface area contributed by atoms with Gasteiger partial charge >= 0.3 is 6.01 Å². The number of hydrogen-bond acceptors (Lipinski definition) is 4. The number of ether oxygens (including phenoxy) is 1. The summed E-state index contributed by atoms with van der Waals surface area (Å²) >= 11 is 5.75. The third-order valence-electron chi connectivity index (χ3n) is 4.60. The topological polar surface area (TPSA) is 55.3 Å². The van der Waals surface area contributed by atoms with Gasteiger partial charge in [-0.15, -0.1) is 0 Å². The molecule has 0 unspecified atom stereocenters. The molecular weight excluding hydrogens is 302 g/mol. The van der Waals surface area contributed by atoms with Crippen molar-refractivity contribution in [1.29, 1.82) is 0 Å². The summed E-state index contributed by atoms with van der Waals surface area (Å²) in [6.45, 7) is 1.54. The van der Waals surface area contributed by atoms with Gasteiger partial charge in [0.25, 0.3) is 0 Å². The van der Waals surface area contributed by atoms with Gasteiger partial charge in [-0.1, -0.05) is 24.4 Å². The van der Waals surface area contributed by atoms with Crippen molar-refractivity contribution in [2.75, 3.05) is 13.1 Å². The summed E-state index contributed by atoms with van der Waals surface area (Å²) in [5, 5.41) is 0.500. The number of rotatable bonds is 4. The van der Waals surface area contributed by atoms with Crippen LogP contribution in [0, 0.1) is 5.92 Å². The summed E-state index contributed by atoms with van der Waals surface area (Å²) in [6.07, 6.45) is 10.6. The average Bonchev–Trinajstić information content (AvgIpc) is 3.03. The van der Waals surface area contributed by atoms with Crippen molar-refractivity contribution in [3.63, 3.8) is 0 Å². The Balaban J connectivity index is 1.43. The van der Waals surface area contributed by atoms with E-state index >= 15 is 0 Å². The second-order valence-corrected chi connectivity index (χ2v) is 6.67. The van der Waals surface area contributed by atoms with Crippen LogP contribution in [0.2, 0.25) is 5.02 Å². The maximum Gasteiger partial charge on any atom is 0.316 e. The highest BCUT2D eigenvalue weighted by Crippen LogP contribution is 2.28. The predicted molar refractivity (Wildman–Crippen MR) is 83.8 cm³/mol. The number of likely N-dealkylation sites (tertiary alicyclic amines) is 1. The fraction of sp³-hybridized carbons (Fsp3) is 0.688. The number of carbonyl (C=O) groups excluding carboxylic acids is 1. The number of aromatic nitrogens is 2. The number of hydrogen-bond donors (Lipinski definition) is 0. The van der Waals surface area contributed by atoms with Crippen LogP contribution in [0.25, 0.3) is 0 Å². The van der Waals surface area contributed by atoms with Crippen LogP contribution >= 0.6 is 11.6 Å². The molecule has 2 heterocycles. The SMILES string of the molecule is O=C(CC1CCCC1)N1CCC(Oc2ncc(Cl)cn2)CC1. The zero-order valence-electron chi connectivity index (χ0n) is 12.7. The Morgan fingerprint density at radius 1 is 1.18 bits per heavy atom. The Bertz CT molecular complexity index is 495. The molecule has 0 aromatic carbocycles. The Labute approximate surface area is 136 Å². The first-order valence-corrected chi connectivity index (χ1v) is 8.50. The summed E-state index contributed by atoms with van der Waals surface area (Å²) in [7, 11) is 0. The minimum atomic E-state index is 0.0803. The summed E-state index contributed by atoms with van der Waals surface area (Å²) in [6, 6.07) is 0.361. The number of amides is 1. The molecule has 1 saturated carbocycles. The van der Waals surface area contributed by atoms with Gasteiger partial charge in [-0.05, 0) is 18.8 Å². The first-order chi connectivity index (χ1) is 10.7. The molecule has 5 nitrogen and oxygen atoms in total. The molecule has 0 atom stereocenters. The monoisotopic (exact) mass is 323 g/mol. The summed E-state index contributed by atoms with van der Waals surface area (Å²) in [4.78, 5) is 22.4. The molecule has 1 amide bonds. The molecule has 1 aliphatic heterocycles. The molecule has 1 aromatic rings. The van der Waals surface area contributed by atoms with E-state index in [9.17, 15) is 4.79 Å². The Morgan fingerprint density at radius 2 is 1.82 bits per heavy atom. The average molecular weight is 324 g/mol. The fourth-order valence-corrected chi connectivity index (χ4v) is 3.42. The standard InChI is InChI=1S/C16H22ClN3O2/c17-13-10-18-16(19-11-13)22-14-5-7-20(8-6-14)15(21)9-12-3-1-2-4-12/h10-12,14H,1-9H2. The zero-order chi connectivity index (χ0) is 15.4.